The Morgan fingerprint density at radius 2 is 1.57 bits per heavy atom. The standard InChI is InChI=1S/C19H29NO3/c1-22-14-12-20(13-15-23-2)19(21)18-10-8-17(9-11-18)16-6-4-3-5-7-16/h8-11,16H,3-7,12-15H2,1-2H3. The Hall–Kier alpha value is -1.39. The Labute approximate surface area is 139 Å². The molecule has 1 amide bonds. The van der Waals surface area contributed by atoms with Crippen LogP contribution in [0.3, 0.4) is 0 Å². The largest absolute Gasteiger partial charge is 0.383 e. The van der Waals surface area contributed by atoms with Crippen molar-refractivity contribution in [2.75, 3.05) is 40.5 Å². The summed E-state index contributed by atoms with van der Waals surface area (Å²) in [5.41, 5.74) is 2.12. The van der Waals surface area contributed by atoms with Gasteiger partial charge in [-0.05, 0) is 36.5 Å². The summed E-state index contributed by atoms with van der Waals surface area (Å²) in [5, 5.41) is 0. The molecule has 0 aliphatic heterocycles. The van der Waals surface area contributed by atoms with Crippen molar-refractivity contribution in [3.63, 3.8) is 0 Å². The average Bonchev–Trinajstić information content (AvgIpc) is 2.62. The van der Waals surface area contributed by atoms with Crippen LogP contribution in [0, 0.1) is 0 Å². The van der Waals surface area contributed by atoms with E-state index in [9.17, 15) is 4.79 Å². The predicted molar refractivity (Wildman–Crippen MR) is 91.9 cm³/mol. The van der Waals surface area contributed by atoms with Gasteiger partial charge in [-0.2, -0.15) is 0 Å². The van der Waals surface area contributed by atoms with Crippen molar-refractivity contribution in [2.24, 2.45) is 0 Å². The lowest BCUT2D eigenvalue weighted by molar-refractivity contribution is 0.0627. The Bertz CT molecular complexity index is 458. The van der Waals surface area contributed by atoms with E-state index in [1.165, 1.54) is 37.7 Å². The highest BCUT2D eigenvalue weighted by Crippen LogP contribution is 2.32. The molecule has 1 aliphatic carbocycles. The predicted octanol–water partition coefficient (Wildman–Crippen LogP) is 3.47. The third-order valence-electron chi connectivity index (χ3n) is 4.65. The van der Waals surface area contributed by atoms with Crippen molar-refractivity contribution in [3.8, 4) is 0 Å². The van der Waals surface area contributed by atoms with Gasteiger partial charge >= 0.3 is 0 Å². The Balaban J connectivity index is 2.01. The van der Waals surface area contributed by atoms with E-state index in [0.717, 1.165) is 5.56 Å². The van der Waals surface area contributed by atoms with Crippen LogP contribution >= 0.6 is 0 Å². The summed E-state index contributed by atoms with van der Waals surface area (Å²) in [5.74, 6) is 0.722. The average molecular weight is 319 g/mol. The number of amides is 1. The fourth-order valence-electron chi connectivity index (χ4n) is 3.23. The minimum absolute atomic E-state index is 0.0503. The summed E-state index contributed by atoms with van der Waals surface area (Å²) >= 11 is 0. The van der Waals surface area contributed by atoms with Gasteiger partial charge in [0.25, 0.3) is 5.91 Å². The number of methoxy groups -OCH3 is 2. The molecular formula is C19H29NO3. The lowest BCUT2D eigenvalue weighted by atomic mass is 9.84. The van der Waals surface area contributed by atoms with Gasteiger partial charge in [-0.15, -0.1) is 0 Å². The highest BCUT2D eigenvalue weighted by atomic mass is 16.5. The Morgan fingerprint density at radius 1 is 1.00 bits per heavy atom. The molecule has 23 heavy (non-hydrogen) atoms. The second-order valence-corrected chi connectivity index (χ2v) is 6.23. The number of ether oxygens (including phenoxy) is 2. The molecule has 4 heteroatoms. The van der Waals surface area contributed by atoms with Gasteiger partial charge in [0.2, 0.25) is 0 Å². The Morgan fingerprint density at radius 3 is 2.09 bits per heavy atom. The second-order valence-electron chi connectivity index (χ2n) is 6.23. The van der Waals surface area contributed by atoms with Crippen LogP contribution in [0.4, 0.5) is 0 Å². The molecule has 0 unspecified atom stereocenters. The van der Waals surface area contributed by atoms with E-state index in [4.69, 9.17) is 9.47 Å². The molecule has 0 saturated heterocycles. The lowest BCUT2D eigenvalue weighted by Gasteiger charge is -2.24. The highest BCUT2D eigenvalue weighted by Gasteiger charge is 2.18. The highest BCUT2D eigenvalue weighted by molar-refractivity contribution is 5.94. The first kappa shape index (κ1) is 18.0. The zero-order valence-corrected chi connectivity index (χ0v) is 14.4. The van der Waals surface area contributed by atoms with Crippen LogP contribution in [-0.4, -0.2) is 51.3 Å². The van der Waals surface area contributed by atoms with E-state index in [1.807, 2.05) is 12.1 Å². The van der Waals surface area contributed by atoms with Crippen LogP contribution < -0.4 is 0 Å². The van der Waals surface area contributed by atoms with Crippen molar-refractivity contribution >= 4 is 5.91 Å². The zero-order valence-electron chi connectivity index (χ0n) is 14.4. The molecule has 0 radical (unpaired) electrons. The first-order valence-corrected chi connectivity index (χ1v) is 8.63. The molecule has 1 aromatic rings. The number of carbonyl (C=O) groups excluding carboxylic acids is 1. The third kappa shape index (κ3) is 5.33. The van der Waals surface area contributed by atoms with Crippen molar-refractivity contribution < 1.29 is 14.3 Å². The van der Waals surface area contributed by atoms with Gasteiger partial charge in [-0.3, -0.25) is 4.79 Å². The maximum Gasteiger partial charge on any atom is 0.254 e. The SMILES string of the molecule is COCCN(CCOC)C(=O)c1ccc(C2CCCCC2)cc1. The molecule has 2 rings (SSSR count). The van der Waals surface area contributed by atoms with Crippen molar-refractivity contribution in [3.05, 3.63) is 35.4 Å². The topological polar surface area (TPSA) is 38.8 Å². The molecular weight excluding hydrogens is 290 g/mol. The fraction of sp³-hybridized carbons (Fsp3) is 0.632. The van der Waals surface area contributed by atoms with Gasteiger partial charge in [-0.25, -0.2) is 0 Å². The molecule has 0 bridgehead atoms. The molecule has 0 aromatic heterocycles. The number of benzene rings is 1. The summed E-state index contributed by atoms with van der Waals surface area (Å²) in [6, 6.07) is 8.21. The Kier molecular flexibility index (Phi) is 7.56. The quantitative estimate of drug-likeness (QED) is 0.736. The van der Waals surface area contributed by atoms with E-state index in [-0.39, 0.29) is 5.91 Å². The maximum atomic E-state index is 12.7. The maximum absolute atomic E-state index is 12.7. The van der Waals surface area contributed by atoms with Gasteiger partial charge in [-0.1, -0.05) is 31.4 Å². The molecule has 1 saturated carbocycles. The van der Waals surface area contributed by atoms with Crippen LogP contribution in [0.5, 0.6) is 0 Å². The fourth-order valence-corrected chi connectivity index (χ4v) is 3.23. The number of carbonyl (C=O) groups is 1. The van der Waals surface area contributed by atoms with Crippen LogP contribution in [0.25, 0.3) is 0 Å². The summed E-state index contributed by atoms with van der Waals surface area (Å²) in [7, 11) is 3.30. The minimum Gasteiger partial charge on any atom is -0.383 e. The molecule has 128 valence electrons. The van der Waals surface area contributed by atoms with Gasteiger partial charge in [0.05, 0.1) is 13.2 Å². The van der Waals surface area contributed by atoms with Crippen LogP contribution in [0.1, 0.15) is 53.9 Å². The number of hydrogen-bond acceptors (Lipinski definition) is 3. The lowest BCUT2D eigenvalue weighted by Crippen LogP contribution is -2.36. The van der Waals surface area contributed by atoms with E-state index in [1.54, 1.807) is 19.1 Å². The van der Waals surface area contributed by atoms with Gasteiger partial charge in [0, 0.05) is 32.9 Å². The normalized spacial score (nSPS) is 15.6. The molecule has 1 aromatic carbocycles. The van der Waals surface area contributed by atoms with Crippen molar-refractivity contribution in [1.82, 2.24) is 4.90 Å². The summed E-state index contributed by atoms with van der Waals surface area (Å²) in [6.45, 7) is 2.25. The summed E-state index contributed by atoms with van der Waals surface area (Å²) < 4.78 is 10.2. The monoisotopic (exact) mass is 319 g/mol. The zero-order chi connectivity index (χ0) is 16.5. The molecule has 4 nitrogen and oxygen atoms in total. The van der Waals surface area contributed by atoms with E-state index >= 15 is 0 Å². The summed E-state index contributed by atoms with van der Waals surface area (Å²) in [4.78, 5) is 14.5. The second kappa shape index (κ2) is 9.68. The van der Waals surface area contributed by atoms with E-state index in [2.05, 4.69) is 12.1 Å². The van der Waals surface area contributed by atoms with Crippen molar-refractivity contribution in [1.29, 1.82) is 0 Å². The molecule has 1 fully saturated rings. The number of nitrogens with zero attached hydrogens (tertiary/aromatic N) is 1. The smallest absolute Gasteiger partial charge is 0.254 e. The van der Waals surface area contributed by atoms with E-state index in [0.29, 0.717) is 32.2 Å². The first-order valence-electron chi connectivity index (χ1n) is 8.63. The molecule has 1 aliphatic rings. The number of hydrogen-bond donors (Lipinski definition) is 0. The van der Waals surface area contributed by atoms with Gasteiger partial charge in [0.1, 0.15) is 0 Å². The first-order chi connectivity index (χ1) is 11.3. The molecule has 0 heterocycles. The van der Waals surface area contributed by atoms with Gasteiger partial charge < -0.3 is 14.4 Å². The van der Waals surface area contributed by atoms with Gasteiger partial charge in [0.15, 0.2) is 0 Å². The molecule has 0 atom stereocenters. The molecule has 0 spiro atoms. The van der Waals surface area contributed by atoms with Crippen LogP contribution in [-0.2, 0) is 9.47 Å². The van der Waals surface area contributed by atoms with Crippen LogP contribution in [0.15, 0.2) is 24.3 Å². The van der Waals surface area contributed by atoms with E-state index < -0.39 is 0 Å². The van der Waals surface area contributed by atoms with Crippen LogP contribution in [0.2, 0.25) is 0 Å². The summed E-state index contributed by atoms with van der Waals surface area (Å²) in [6.07, 6.45) is 6.57. The third-order valence-corrected chi connectivity index (χ3v) is 4.65. The minimum atomic E-state index is 0.0503. The number of rotatable bonds is 8. The molecule has 0 N–H and O–H groups in total. The van der Waals surface area contributed by atoms with Crippen molar-refractivity contribution in [2.45, 2.75) is 38.0 Å².